The molecule has 0 spiro atoms. The Morgan fingerprint density at radius 3 is 2.26 bits per heavy atom. The highest BCUT2D eigenvalue weighted by atomic mass is 16.5. The van der Waals surface area contributed by atoms with Crippen molar-refractivity contribution < 1.29 is 14.3 Å². The maximum Gasteiger partial charge on any atom is 0.357 e. The van der Waals surface area contributed by atoms with E-state index in [1.165, 1.54) is 0 Å². The standard InChI is InChI=1S/C26H24N2O3/c1-3-30-26(29)24-23(20-11-9-18(2)10-12-20)27-25(28-24)21-13-15-22(16-14-21)31-17-19-7-5-4-6-8-19/h4-16H,3,17H2,1-2H3,(H,27,28). The average molecular weight is 412 g/mol. The van der Waals surface area contributed by atoms with Crippen LogP contribution in [0.3, 0.4) is 0 Å². The Labute approximate surface area is 181 Å². The van der Waals surface area contributed by atoms with Gasteiger partial charge in [0.05, 0.1) is 6.61 Å². The van der Waals surface area contributed by atoms with Gasteiger partial charge in [0, 0.05) is 11.1 Å². The molecular weight excluding hydrogens is 388 g/mol. The fourth-order valence-corrected chi connectivity index (χ4v) is 3.23. The molecule has 5 heteroatoms. The van der Waals surface area contributed by atoms with Gasteiger partial charge in [-0.25, -0.2) is 9.78 Å². The zero-order chi connectivity index (χ0) is 21.6. The van der Waals surface area contributed by atoms with E-state index in [4.69, 9.17) is 14.5 Å². The van der Waals surface area contributed by atoms with Gasteiger partial charge in [-0.1, -0.05) is 60.2 Å². The lowest BCUT2D eigenvalue weighted by molar-refractivity contribution is 0.0521. The number of nitrogens with one attached hydrogen (secondary N) is 1. The monoisotopic (exact) mass is 412 g/mol. The second kappa shape index (κ2) is 9.30. The highest BCUT2D eigenvalue weighted by Crippen LogP contribution is 2.28. The fraction of sp³-hybridized carbons (Fsp3) is 0.154. The Hall–Kier alpha value is -3.86. The minimum Gasteiger partial charge on any atom is -0.489 e. The summed E-state index contributed by atoms with van der Waals surface area (Å²) in [6.07, 6.45) is 0. The first-order chi connectivity index (χ1) is 15.1. The van der Waals surface area contributed by atoms with Gasteiger partial charge in [-0.3, -0.25) is 0 Å². The van der Waals surface area contributed by atoms with Crippen molar-refractivity contribution in [2.45, 2.75) is 20.5 Å². The minimum absolute atomic E-state index is 0.300. The summed E-state index contributed by atoms with van der Waals surface area (Å²) >= 11 is 0. The molecule has 5 nitrogen and oxygen atoms in total. The Morgan fingerprint density at radius 1 is 0.903 bits per heavy atom. The van der Waals surface area contributed by atoms with E-state index >= 15 is 0 Å². The van der Waals surface area contributed by atoms with E-state index < -0.39 is 5.97 Å². The lowest BCUT2D eigenvalue weighted by atomic mass is 10.1. The Balaban J connectivity index is 1.59. The van der Waals surface area contributed by atoms with Gasteiger partial charge in [0.25, 0.3) is 0 Å². The van der Waals surface area contributed by atoms with Crippen molar-refractivity contribution >= 4 is 5.97 Å². The molecule has 31 heavy (non-hydrogen) atoms. The molecule has 4 aromatic rings. The molecule has 1 aromatic heterocycles. The Bertz CT molecular complexity index is 1150. The minimum atomic E-state index is -0.417. The molecule has 3 aromatic carbocycles. The van der Waals surface area contributed by atoms with Gasteiger partial charge in [0.1, 0.15) is 23.9 Å². The van der Waals surface area contributed by atoms with E-state index in [2.05, 4.69) is 4.98 Å². The molecule has 0 fully saturated rings. The first-order valence-electron chi connectivity index (χ1n) is 10.3. The van der Waals surface area contributed by atoms with Crippen LogP contribution in [-0.2, 0) is 11.3 Å². The predicted molar refractivity (Wildman–Crippen MR) is 121 cm³/mol. The molecule has 0 bridgehead atoms. The molecule has 4 rings (SSSR count). The van der Waals surface area contributed by atoms with Gasteiger partial charge in [-0.2, -0.15) is 0 Å². The van der Waals surface area contributed by atoms with Gasteiger partial charge < -0.3 is 14.5 Å². The Kier molecular flexibility index (Phi) is 6.13. The third kappa shape index (κ3) is 4.83. The molecule has 0 aliphatic heterocycles. The lowest BCUT2D eigenvalue weighted by Crippen LogP contribution is -2.06. The Morgan fingerprint density at radius 2 is 1.58 bits per heavy atom. The van der Waals surface area contributed by atoms with Crippen molar-refractivity contribution in [2.24, 2.45) is 0 Å². The predicted octanol–water partition coefficient (Wildman–Crippen LogP) is 5.81. The fourth-order valence-electron chi connectivity index (χ4n) is 3.23. The maximum absolute atomic E-state index is 12.5. The van der Waals surface area contributed by atoms with Gasteiger partial charge in [0.2, 0.25) is 0 Å². The summed E-state index contributed by atoms with van der Waals surface area (Å²) in [6.45, 7) is 4.61. The number of imidazole rings is 1. The maximum atomic E-state index is 12.5. The van der Waals surface area contributed by atoms with Crippen molar-refractivity contribution in [3.8, 4) is 28.4 Å². The van der Waals surface area contributed by atoms with Crippen LogP contribution in [0.25, 0.3) is 22.6 Å². The van der Waals surface area contributed by atoms with Crippen LogP contribution in [0.2, 0.25) is 0 Å². The molecule has 0 amide bonds. The van der Waals surface area contributed by atoms with E-state index in [-0.39, 0.29) is 0 Å². The largest absolute Gasteiger partial charge is 0.489 e. The average Bonchev–Trinajstić information content (AvgIpc) is 3.25. The number of ether oxygens (including phenoxy) is 2. The molecule has 0 atom stereocenters. The highest BCUT2D eigenvalue weighted by Gasteiger charge is 2.20. The molecule has 0 radical (unpaired) electrons. The number of carbonyl (C=O) groups excluding carboxylic acids is 1. The number of nitrogens with zero attached hydrogens (tertiary/aromatic N) is 1. The molecule has 156 valence electrons. The van der Waals surface area contributed by atoms with Gasteiger partial charge in [-0.15, -0.1) is 0 Å². The van der Waals surface area contributed by atoms with E-state index in [0.29, 0.717) is 30.4 Å². The van der Waals surface area contributed by atoms with E-state index in [9.17, 15) is 4.79 Å². The first kappa shape index (κ1) is 20.4. The van der Waals surface area contributed by atoms with Crippen LogP contribution >= 0.6 is 0 Å². The number of aryl methyl sites for hydroxylation is 1. The number of carbonyl (C=O) groups is 1. The molecular formula is C26H24N2O3. The molecule has 1 N–H and O–H groups in total. The molecule has 0 saturated heterocycles. The quantitative estimate of drug-likeness (QED) is 0.389. The summed E-state index contributed by atoms with van der Waals surface area (Å²) in [7, 11) is 0. The second-order valence-electron chi connectivity index (χ2n) is 7.19. The number of benzene rings is 3. The van der Waals surface area contributed by atoms with Crippen LogP contribution in [0.15, 0.2) is 78.9 Å². The third-order valence-electron chi connectivity index (χ3n) is 4.88. The zero-order valence-electron chi connectivity index (χ0n) is 17.6. The number of esters is 1. The zero-order valence-corrected chi connectivity index (χ0v) is 17.6. The summed E-state index contributed by atoms with van der Waals surface area (Å²) in [6, 6.07) is 25.6. The molecule has 0 unspecified atom stereocenters. The van der Waals surface area contributed by atoms with E-state index in [0.717, 1.165) is 28.0 Å². The van der Waals surface area contributed by atoms with Crippen LogP contribution in [0.5, 0.6) is 5.75 Å². The smallest absolute Gasteiger partial charge is 0.357 e. The van der Waals surface area contributed by atoms with Crippen molar-refractivity contribution in [1.82, 2.24) is 9.97 Å². The summed E-state index contributed by atoms with van der Waals surface area (Å²) in [5, 5.41) is 0. The van der Waals surface area contributed by atoms with E-state index in [1.807, 2.05) is 85.8 Å². The number of rotatable bonds is 7. The topological polar surface area (TPSA) is 64.2 Å². The van der Waals surface area contributed by atoms with Gasteiger partial charge in [0.15, 0.2) is 5.69 Å². The molecule has 0 aliphatic carbocycles. The summed E-state index contributed by atoms with van der Waals surface area (Å²) in [5.41, 5.74) is 4.90. The van der Waals surface area contributed by atoms with Crippen molar-refractivity contribution in [1.29, 1.82) is 0 Å². The first-order valence-corrected chi connectivity index (χ1v) is 10.3. The van der Waals surface area contributed by atoms with E-state index in [1.54, 1.807) is 6.92 Å². The molecule has 0 saturated carbocycles. The molecule has 1 heterocycles. The number of hydrogen-bond acceptors (Lipinski definition) is 4. The summed E-state index contributed by atoms with van der Waals surface area (Å²) in [5.74, 6) is 0.955. The summed E-state index contributed by atoms with van der Waals surface area (Å²) < 4.78 is 11.1. The van der Waals surface area contributed by atoms with Gasteiger partial charge in [-0.05, 0) is 43.7 Å². The van der Waals surface area contributed by atoms with Crippen LogP contribution in [0, 0.1) is 6.92 Å². The summed E-state index contributed by atoms with van der Waals surface area (Å²) in [4.78, 5) is 20.4. The number of aromatic nitrogens is 2. The van der Waals surface area contributed by atoms with Crippen LogP contribution in [0.1, 0.15) is 28.5 Å². The second-order valence-corrected chi connectivity index (χ2v) is 7.19. The molecule has 0 aliphatic rings. The highest BCUT2D eigenvalue weighted by molar-refractivity contribution is 5.95. The van der Waals surface area contributed by atoms with Crippen LogP contribution in [0.4, 0.5) is 0 Å². The van der Waals surface area contributed by atoms with Crippen LogP contribution < -0.4 is 4.74 Å². The normalized spacial score (nSPS) is 10.6. The van der Waals surface area contributed by atoms with Crippen molar-refractivity contribution in [3.05, 3.63) is 95.7 Å². The van der Waals surface area contributed by atoms with Crippen LogP contribution in [-0.4, -0.2) is 22.5 Å². The number of H-pyrrole nitrogens is 1. The SMILES string of the molecule is CCOC(=O)c1[nH]c(-c2ccc(OCc3ccccc3)cc2)nc1-c1ccc(C)cc1. The van der Waals surface area contributed by atoms with Gasteiger partial charge >= 0.3 is 5.97 Å². The lowest BCUT2D eigenvalue weighted by Gasteiger charge is -2.06. The number of hydrogen-bond donors (Lipinski definition) is 1. The number of aromatic amines is 1. The van der Waals surface area contributed by atoms with Crippen molar-refractivity contribution in [3.63, 3.8) is 0 Å². The van der Waals surface area contributed by atoms with Crippen molar-refractivity contribution in [2.75, 3.05) is 6.61 Å². The third-order valence-corrected chi connectivity index (χ3v) is 4.88.